The van der Waals surface area contributed by atoms with Crippen LogP contribution in [0.15, 0.2) is 54.6 Å². The maximum absolute atomic E-state index is 11.5. The van der Waals surface area contributed by atoms with E-state index in [1.54, 1.807) is 24.3 Å². The van der Waals surface area contributed by atoms with E-state index in [1.807, 2.05) is 30.3 Å². The number of methoxy groups -OCH3 is 1. The molecule has 0 aliphatic heterocycles. The van der Waals surface area contributed by atoms with Gasteiger partial charge in [0.25, 0.3) is 0 Å². The number of carbonyl (C=O) groups excluding carboxylic acids is 1. The van der Waals surface area contributed by atoms with Crippen LogP contribution in [0.25, 0.3) is 0 Å². The van der Waals surface area contributed by atoms with Crippen LogP contribution in [-0.4, -0.2) is 24.8 Å². The largest absolute Gasteiger partial charge is 0.465 e. The Morgan fingerprint density at radius 1 is 1.13 bits per heavy atom. The molecule has 0 aliphatic carbocycles. The molecule has 0 saturated carbocycles. The summed E-state index contributed by atoms with van der Waals surface area (Å²) in [6, 6.07) is 18.9. The van der Waals surface area contributed by atoms with Gasteiger partial charge in [0.05, 0.1) is 24.7 Å². The summed E-state index contributed by atoms with van der Waals surface area (Å²) in [6.07, 6.45) is 0.501. The van der Waals surface area contributed by atoms with Gasteiger partial charge in [-0.3, -0.25) is 0 Å². The van der Waals surface area contributed by atoms with Gasteiger partial charge in [-0.05, 0) is 29.7 Å². The number of hydrogen-bond donors (Lipinski definition) is 1. The Balaban J connectivity index is 2.33. The molecule has 118 valence electrons. The van der Waals surface area contributed by atoms with E-state index in [4.69, 9.17) is 0 Å². The highest BCUT2D eigenvalue weighted by Gasteiger charge is 2.24. The molecule has 0 fully saturated rings. The summed E-state index contributed by atoms with van der Waals surface area (Å²) in [5.74, 6) is -0.897. The molecule has 0 amide bonds. The highest BCUT2D eigenvalue weighted by atomic mass is 16.5. The van der Waals surface area contributed by atoms with E-state index in [1.165, 1.54) is 7.11 Å². The Morgan fingerprint density at radius 2 is 1.78 bits per heavy atom. The number of aliphatic hydroxyl groups excluding tert-OH is 1. The van der Waals surface area contributed by atoms with Gasteiger partial charge in [-0.25, -0.2) is 4.79 Å². The molecular weight excluding hydrogens is 290 g/mol. The minimum absolute atomic E-state index is 0.0119. The van der Waals surface area contributed by atoms with Crippen molar-refractivity contribution in [1.29, 1.82) is 5.26 Å². The molecule has 0 heterocycles. The summed E-state index contributed by atoms with van der Waals surface area (Å²) in [6.45, 7) is 0.0119. The van der Waals surface area contributed by atoms with E-state index in [9.17, 15) is 15.2 Å². The molecule has 0 radical (unpaired) electrons. The van der Waals surface area contributed by atoms with Gasteiger partial charge in [-0.2, -0.15) is 5.26 Å². The fourth-order valence-corrected chi connectivity index (χ4v) is 2.71. The molecule has 23 heavy (non-hydrogen) atoms. The summed E-state index contributed by atoms with van der Waals surface area (Å²) in [7, 11) is 1.33. The van der Waals surface area contributed by atoms with Gasteiger partial charge in [0, 0.05) is 12.5 Å². The molecule has 2 atom stereocenters. The van der Waals surface area contributed by atoms with Crippen molar-refractivity contribution in [2.45, 2.75) is 18.3 Å². The highest BCUT2D eigenvalue weighted by Crippen LogP contribution is 2.35. The van der Waals surface area contributed by atoms with Crippen LogP contribution in [0.5, 0.6) is 0 Å². The number of carbonyl (C=O) groups is 1. The van der Waals surface area contributed by atoms with Crippen LogP contribution in [0.4, 0.5) is 0 Å². The number of hydrogen-bond acceptors (Lipinski definition) is 4. The number of aliphatic hydroxyl groups is 1. The van der Waals surface area contributed by atoms with E-state index < -0.39 is 11.9 Å². The van der Waals surface area contributed by atoms with Gasteiger partial charge in [0.1, 0.15) is 0 Å². The molecule has 2 aromatic carbocycles. The third-order valence-electron chi connectivity index (χ3n) is 3.90. The fraction of sp³-hybridized carbons (Fsp3) is 0.263. The van der Waals surface area contributed by atoms with Crippen molar-refractivity contribution in [2.24, 2.45) is 0 Å². The van der Waals surface area contributed by atoms with Crippen LogP contribution < -0.4 is 0 Å². The molecule has 4 nitrogen and oxygen atoms in total. The lowest BCUT2D eigenvalue weighted by molar-refractivity contribution is 0.0600. The van der Waals surface area contributed by atoms with Gasteiger partial charge in [0.15, 0.2) is 0 Å². The Morgan fingerprint density at radius 3 is 2.30 bits per heavy atom. The second-order valence-electron chi connectivity index (χ2n) is 5.25. The maximum atomic E-state index is 11.5. The second kappa shape index (κ2) is 8.11. The van der Waals surface area contributed by atoms with E-state index in [0.717, 1.165) is 11.1 Å². The van der Waals surface area contributed by atoms with Crippen LogP contribution in [-0.2, 0) is 4.74 Å². The average molecular weight is 309 g/mol. The SMILES string of the molecule is COC(=O)c1ccc(C(C#N)C(CCO)c2ccccc2)cc1. The predicted molar refractivity (Wildman–Crippen MR) is 87.0 cm³/mol. The van der Waals surface area contributed by atoms with E-state index in [-0.39, 0.29) is 12.5 Å². The van der Waals surface area contributed by atoms with Crippen LogP contribution in [0.2, 0.25) is 0 Å². The van der Waals surface area contributed by atoms with E-state index >= 15 is 0 Å². The Kier molecular flexibility index (Phi) is 5.90. The minimum Gasteiger partial charge on any atom is -0.465 e. The fourth-order valence-electron chi connectivity index (χ4n) is 2.71. The number of benzene rings is 2. The Labute approximate surface area is 136 Å². The Bertz CT molecular complexity index is 674. The zero-order chi connectivity index (χ0) is 16.7. The zero-order valence-electron chi connectivity index (χ0n) is 13.0. The van der Waals surface area contributed by atoms with E-state index in [0.29, 0.717) is 12.0 Å². The number of nitrogens with zero attached hydrogens (tertiary/aromatic N) is 1. The molecule has 0 bridgehead atoms. The van der Waals surface area contributed by atoms with Gasteiger partial charge in [-0.1, -0.05) is 42.5 Å². The zero-order valence-corrected chi connectivity index (χ0v) is 13.0. The van der Waals surface area contributed by atoms with Crippen LogP contribution in [0.1, 0.15) is 39.7 Å². The van der Waals surface area contributed by atoms with Crippen molar-refractivity contribution in [3.05, 3.63) is 71.3 Å². The topological polar surface area (TPSA) is 70.3 Å². The third-order valence-corrected chi connectivity index (χ3v) is 3.90. The molecule has 4 heteroatoms. The number of nitriles is 1. The second-order valence-corrected chi connectivity index (χ2v) is 5.25. The summed E-state index contributed by atoms with van der Waals surface area (Å²) in [5.41, 5.74) is 2.29. The lowest BCUT2D eigenvalue weighted by Crippen LogP contribution is -2.12. The van der Waals surface area contributed by atoms with Crippen LogP contribution in [0.3, 0.4) is 0 Å². The van der Waals surface area contributed by atoms with Gasteiger partial charge in [0.2, 0.25) is 0 Å². The van der Waals surface area contributed by atoms with Crippen molar-refractivity contribution in [2.75, 3.05) is 13.7 Å². The summed E-state index contributed by atoms with van der Waals surface area (Å²) >= 11 is 0. The normalized spacial score (nSPS) is 12.9. The van der Waals surface area contributed by atoms with E-state index in [2.05, 4.69) is 10.8 Å². The molecule has 0 aliphatic rings. The molecule has 2 aromatic rings. The smallest absolute Gasteiger partial charge is 0.337 e. The molecule has 0 spiro atoms. The van der Waals surface area contributed by atoms with Crippen molar-refractivity contribution in [3.63, 3.8) is 0 Å². The predicted octanol–water partition coefficient (Wildman–Crippen LogP) is 3.25. The number of esters is 1. The monoisotopic (exact) mass is 309 g/mol. The summed E-state index contributed by atoms with van der Waals surface area (Å²) in [4.78, 5) is 11.5. The Hall–Kier alpha value is -2.64. The van der Waals surface area contributed by atoms with Crippen molar-refractivity contribution >= 4 is 5.97 Å². The first-order chi connectivity index (χ1) is 11.2. The summed E-state index contributed by atoms with van der Waals surface area (Å²) in [5, 5.41) is 19.0. The molecule has 0 aromatic heterocycles. The maximum Gasteiger partial charge on any atom is 0.337 e. The lowest BCUT2D eigenvalue weighted by atomic mass is 9.80. The standard InChI is InChI=1S/C19H19NO3/c1-23-19(22)16-9-7-15(8-10-16)18(13-20)17(11-12-21)14-5-3-2-4-6-14/h2-10,17-18,21H,11-12H2,1H3. The average Bonchev–Trinajstić information content (AvgIpc) is 2.62. The highest BCUT2D eigenvalue weighted by molar-refractivity contribution is 5.89. The third kappa shape index (κ3) is 3.97. The quantitative estimate of drug-likeness (QED) is 0.832. The van der Waals surface area contributed by atoms with Crippen LogP contribution in [0, 0.1) is 11.3 Å². The molecule has 2 rings (SSSR count). The van der Waals surface area contributed by atoms with Gasteiger partial charge >= 0.3 is 5.97 Å². The van der Waals surface area contributed by atoms with Crippen molar-refractivity contribution in [1.82, 2.24) is 0 Å². The number of rotatable bonds is 6. The molecule has 1 N–H and O–H groups in total. The lowest BCUT2D eigenvalue weighted by Gasteiger charge is -2.22. The first-order valence-corrected chi connectivity index (χ1v) is 7.45. The molecule has 2 unspecified atom stereocenters. The summed E-state index contributed by atoms with van der Waals surface area (Å²) < 4.78 is 4.68. The van der Waals surface area contributed by atoms with Crippen molar-refractivity contribution in [3.8, 4) is 6.07 Å². The van der Waals surface area contributed by atoms with Crippen LogP contribution >= 0.6 is 0 Å². The van der Waals surface area contributed by atoms with Gasteiger partial charge < -0.3 is 9.84 Å². The molecule has 0 saturated heterocycles. The first-order valence-electron chi connectivity index (χ1n) is 7.45. The first kappa shape index (κ1) is 16.7. The minimum atomic E-state index is -0.403. The molecular formula is C19H19NO3. The van der Waals surface area contributed by atoms with Crippen molar-refractivity contribution < 1.29 is 14.6 Å². The number of ether oxygens (including phenoxy) is 1. The van der Waals surface area contributed by atoms with Gasteiger partial charge in [-0.15, -0.1) is 0 Å².